The highest BCUT2D eigenvalue weighted by Crippen LogP contribution is 2.26. The molecule has 13 heteroatoms. The average molecular weight is 601 g/mol. The normalized spacial score (nSPS) is 15.2. The molecule has 1 fully saturated rings. The third-order valence-corrected chi connectivity index (χ3v) is 9.72. The molecule has 0 bridgehead atoms. The van der Waals surface area contributed by atoms with E-state index in [0.29, 0.717) is 18.5 Å². The van der Waals surface area contributed by atoms with Gasteiger partial charge in [-0.15, -0.1) is 0 Å². The van der Waals surface area contributed by atoms with Gasteiger partial charge in [0.25, 0.3) is 10.0 Å². The van der Waals surface area contributed by atoms with Gasteiger partial charge >= 0.3 is 0 Å². The molecule has 1 heterocycles. The van der Waals surface area contributed by atoms with Crippen LogP contribution in [0.4, 0.5) is 15.8 Å². The lowest BCUT2D eigenvalue weighted by atomic mass is 9.97. The summed E-state index contributed by atoms with van der Waals surface area (Å²) in [5.41, 5.74) is 0.709. The summed E-state index contributed by atoms with van der Waals surface area (Å²) in [6, 6.07) is 15.7. The second-order valence-electron chi connectivity index (χ2n) is 8.80. The minimum absolute atomic E-state index is 0.0278. The summed E-state index contributed by atoms with van der Waals surface area (Å²) < 4.78 is 68.4. The predicted octanol–water partition coefficient (Wildman–Crippen LogP) is 5.11. The summed E-state index contributed by atoms with van der Waals surface area (Å²) in [6.07, 6.45) is 0.613. The van der Waals surface area contributed by atoms with Crippen LogP contribution in [-0.2, 0) is 30.6 Å². The molecule has 3 aromatic carbocycles. The molecule has 0 unspecified atom stereocenters. The number of benzene rings is 3. The molecule has 202 valence electrons. The molecule has 0 atom stereocenters. The standard InChI is InChI=1S/C25H24Cl2FN3O5S2/c26-19-13-20(27)15-22(14-19)30-38(35,36)23-7-5-21(6-8-23)29-25(32)17-9-11-31(12-10-17)37(33,34)16-18-3-1-2-4-24(18)28/h1-8,13-15,17,30H,9-12,16H2,(H,29,32). The van der Waals surface area contributed by atoms with Crippen LogP contribution in [0.3, 0.4) is 0 Å². The Bertz CT molecular complexity index is 1520. The molecular formula is C25H24Cl2FN3O5S2. The van der Waals surface area contributed by atoms with Crippen molar-refractivity contribution in [1.82, 2.24) is 4.31 Å². The van der Waals surface area contributed by atoms with Crippen LogP contribution in [0, 0.1) is 11.7 Å². The Labute approximate surface area is 230 Å². The van der Waals surface area contributed by atoms with Gasteiger partial charge in [0.1, 0.15) is 5.82 Å². The zero-order chi connectivity index (χ0) is 27.5. The molecule has 1 aliphatic heterocycles. The molecule has 0 aromatic heterocycles. The van der Waals surface area contributed by atoms with Crippen LogP contribution in [0.2, 0.25) is 10.0 Å². The van der Waals surface area contributed by atoms with Crippen LogP contribution in [-0.4, -0.2) is 40.1 Å². The highest BCUT2D eigenvalue weighted by Gasteiger charge is 2.31. The molecular weight excluding hydrogens is 576 g/mol. The van der Waals surface area contributed by atoms with E-state index in [1.54, 1.807) is 6.07 Å². The van der Waals surface area contributed by atoms with E-state index in [-0.39, 0.29) is 45.2 Å². The van der Waals surface area contributed by atoms with Crippen molar-refractivity contribution in [3.8, 4) is 0 Å². The topological polar surface area (TPSA) is 113 Å². The molecule has 0 saturated carbocycles. The molecule has 3 aromatic rings. The van der Waals surface area contributed by atoms with E-state index in [2.05, 4.69) is 10.0 Å². The lowest BCUT2D eigenvalue weighted by Gasteiger charge is -2.30. The molecule has 0 spiro atoms. The van der Waals surface area contributed by atoms with Crippen LogP contribution in [0.15, 0.2) is 71.6 Å². The molecule has 38 heavy (non-hydrogen) atoms. The van der Waals surface area contributed by atoms with Crippen molar-refractivity contribution in [2.45, 2.75) is 23.5 Å². The Kier molecular flexibility index (Phi) is 8.63. The number of amides is 1. The number of carbonyl (C=O) groups is 1. The SMILES string of the molecule is O=C(Nc1ccc(S(=O)(=O)Nc2cc(Cl)cc(Cl)c2)cc1)C1CCN(S(=O)(=O)Cc2ccccc2F)CC1. The van der Waals surface area contributed by atoms with Gasteiger partial charge in [0.2, 0.25) is 15.9 Å². The van der Waals surface area contributed by atoms with E-state index < -0.39 is 37.5 Å². The van der Waals surface area contributed by atoms with Crippen molar-refractivity contribution >= 4 is 60.5 Å². The highest BCUT2D eigenvalue weighted by atomic mass is 35.5. The van der Waals surface area contributed by atoms with E-state index in [0.717, 1.165) is 0 Å². The fraction of sp³-hybridized carbons (Fsp3) is 0.240. The lowest BCUT2D eigenvalue weighted by molar-refractivity contribution is -0.120. The predicted molar refractivity (Wildman–Crippen MR) is 146 cm³/mol. The summed E-state index contributed by atoms with van der Waals surface area (Å²) in [7, 11) is -7.65. The first-order chi connectivity index (χ1) is 17.9. The van der Waals surface area contributed by atoms with E-state index >= 15 is 0 Å². The molecule has 8 nitrogen and oxygen atoms in total. The van der Waals surface area contributed by atoms with Crippen LogP contribution < -0.4 is 10.0 Å². The largest absolute Gasteiger partial charge is 0.326 e. The third kappa shape index (κ3) is 7.03. The van der Waals surface area contributed by atoms with Crippen molar-refractivity contribution in [2.75, 3.05) is 23.1 Å². The number of carbonyl (C=O) groups excluding carboxylic acids is 1. The van der Waals surface area contributed by atoms with Crippen molar-refractivity contribution < 1.29 is 26.0 Å². The second-order valence-corrected chi connectivity index (χ2v) is 13.3. The Hall–Kier alpha value is -2.70. The van der Waals surface area contributed by atoms with Crippen molar-refractivity contribution in [1.29, 1.82) is 0 Å². The van der Waals surface area contributed by atoms with Crippen molar-refractivity contribution in [3.05, 3.63) is 88.2 Å². The fourth-order valence-electron chi connectivity index (χ4n) is 4.09. The first kappa shape index (κ1) is 28.3. The van der Waals surface area contributed by atoms with Crippen LogP contribution in [0.25, 0.3) is 0 Å². The number of nitrogens with zero attached hydrogens (tertiary/aromatic N) is 1. The Balaban J connectivity index is 1.33. The number of sulfonamides is 2. The minimum atomic E-state index is -3.92. The van der Waals surface area contributed by atoms with Crippen molar-refractivity contribution in [2.24, 2.45) is 5.92 Å². The van der Waals surface area contributed by atoms with Gasteiger partial charge in [-0.2, -0.15) is 0 Å². The van der Waals surface area contributed by atoms with E-state index in [1.807, 2.05) is 0 Å². The summed E-state index contributed by atoms with van der Waals surface area (Å²) in [5.74, 6) is -1.73. The maximum Gasteiger partial charge on any atom is 0.261 e. The van der Waals surface area contributed by atoms with Gasteiger partial charge in [-0.1, -0.05) is 41.4 Å². The quantitative estimate of drug-likeness (QED) is 0.373. The number of nitrogens with one attached hydrogen (secondary N) is 2. The monoisotopic (exact) mass is 599 g/mol. The molecule has 0 aliphatic carbocycles. The van der Waals surface area contributed by atoms with Gasteiger partial charge in [-0.3, -0.25) is 9.52 Å². The molecule has 4 rings (SSSR count). The van der Waals surface area contributed by atoms with Gasteiger partial charge in [0.05, 0.1) is 16.3 Å². The summed E-state index contributed by atoms with van der Waals surface area (Å²) in [6.45, 7) is 0.288. The van der Waals surface area contributed by atoms with E-state index in [1.165, 1.54) is 65.0 Å². The summed E-state index contributed by atoms with van der Waals surface area (Å²) in [4.78, 5) is 12.7. The number of rotatable bonds is 8. The average Bonchev–Trinajstić information content (AvgIpc) is 2.85. The van der Waals surface area contributed by atoms with Gasteiger partial charge in [-0.05, 0) is 61.4 Å². The van der Waals surface area contributed by atoms with Gasteiger partial charge in [0, 0.05) is 40.3 Å². The van der Waals surface area contributed by atoms with E-state index in [4.69, 9.17) is 23.2 Å². The zero-order valence-electron chi connectivity index (χ0n) is 19.9. The lowest BCUT2D eigenvalue weighted by Crippen LogP contribution is -2.42. The number of hydrogen-bond donors (Lipinski definition) is 2. The van der Waals surface area contributed by atoms with Gasteiger partial charge in [-0.25, -0.2) is 25.5 Å². The molecule has 1 saturated heterocycles. The van der Waals surface area contributed by atoms with Crippen LogP contribution >= 0.6 is 23.2 Å². The second kappa shape index (κ2) is 11.6. The van der Waals surface area contributed by atoms with E-state index in [9.17, 15) is 26.0 Å². The molecule has 1 aliphatic rings. The smallest absolute Gasteiger partial charge is 0.261 e. The van der Waals surface area contributed by atoms with Crippen LogP contribution in [0.5, 0.6) is 0 Å². The fourth-order valence-corrected chi connectivity index (χ4v) is 7.23. The van der Waals surface area contributed by atoms with Gasteiger partial charge in [0.15, 0.2) is 0 Å². The Morgan fingerprint density at radius 3 is 2.11 bits per heavy atom. The number of halogens is 3. The summed E-state index contributed by atoms with van der Waals surface area (Å²) >= 11 is 11.8. The molecule has 2 N–H and O–H groups in total. The Morgan fingerprint density at radius 1 is 0.895 bits per heavy atom. The highest BCUT2D eigenvalue weighted by molar-refractivity contribution is 7.92. The first-order valence-electron chi connectivity index (χ1n) is 11.5. The molecule has 1 amide bonds. The minimum Gasteiger partial charge on any atom is -0.326 e. The van der Waals surface area contributed by atoms with Gasteiger partial charge < -0.3 is 5.32 Å². The summed E-state index contributed by atoms with van der Waals surface area (Å²) in [5, 5.41) is 3.31. The Morgan fingerprint density at radius 2 is 1.50 bits per heavy atom. The maximum absolute atomic E-state index is 13.9. The number of anilines is 2. The first-order valence-corrected chi connectivity index (χ1v) is 15.4. The molecule has 0 radical (unpaired) electrons. The third-order valence-electron chi connectivity index (χ3n) is 6.06. The number of hydrogen-bond acceptors (Lipinski definition) is 5. The number of piperidine rings is 1. The zero-order valence-corrected chi connectivity index (χ0v) is 23.0. The maximum atomic E-state index is 13.9. The van der Waals surface area contributed by atoms with Crippen LogP contribution in [0.1, 0.15) is 18.4 Å². The van der Waals surface area contributed by atoms with Crippen molar-refractivity contribution in [3.63, 3.8) is 0 Å².